The first-order valence-electron chi connectivity index (χ1n) is 10.6. The minimum absolute atomic E-state index is 0.111. The molecule has 4 nitrogen and oxygen atoms in total. The highest BCUT2D eigenvalue weighted by atomic mass is 35.5. The topological polar surface area (TPSA) is 53.3 Å². The van der Waals surface area contributed by atoms with Crippen LogP contribution in [0, 0.1) is 34.3 Å². The Morgan fingerprint density at radius 3 is 2.55 bits per heavy atom. The number of rotatable bonds is 5. The fourth-order valence-electron chi connectivity index (χ4n) is 4.97. The lowest BCUT2D eigenvalue weighted by atomic mass is 9.63. The Hall–Kier alpha value is -2.20. The molecule has 2 aromatic rings. The molecule has 1 aliphatic heterocycles. The zero-order chi connectivity index (χ0) is 24.6. The summed E-state index contributed by atoms with van der Waals surface area (Å²) in [6, 6.07) is 10.0. The van der Waals surface area contributed by atoms with Gasteiger partial charge in [-0.25, -0.2) is 8.78 Å². The van der Waals surface area contributed by atoms with Gasteiger partial charge >= 0.3 is 5.97 Å². The number of carbonyl (C=O) groups is 1. The molecule has 2 aromatic carbocycles. The third-order valence-corrected chi connectivity index (χ3v) is 6.68. The van der Waals surface area contributed by atoms with Gasteiger partial charge in [0.2, 0.25) is 0 Å². The van der Waals surface area contributed by atoms with E-state index in [1.165, 1.54) is 31.4 Å². The van der Waals surface area contributed by atoms with E-state index in [9.17, 15) is 10.1 Å². The molecule has 0 unspecified atom stereocenters. The highest BCUT2D eigenvalue weighted by Crippen LogP contribution is 2.56. The second kappa shape index (κ2) is 9.58. The lowest BCUT2D eigenvalue weighted by Crippen LogP contribution is -2.40. The molecular weight excluding hydrogens is 469 g/mol. The molecule has 1 heterocycles. The average molecular weight is 495 g/mol. The number of nitriles is 1. The lowest BCUT2D eigenvalue weighted by molar-refractivity contribution is -0.142. The van der Waals surface area contributed by atoms with Gasteiger partial charge in [-0.3, -0.25) is 9.69 Å². The normalized spacial score (nSPS) is 23.4. The van der Waals surface area contributed by atoms with E-state index in [2.05, 4.69) is 6.07 Å². The Labute approximate surface area is 203 Å². The molecule has 33 heavy (non-hydrogen) atoms. The van der Waals surface area contributed by atoms with Crippen LogP contribution in [0.2, 0.25) is 10.0 Å². The summed E-state index contributed by atoms with van der Waals surface area (Å²) in [6.07, 6.45) is 0.527. The zero-order valence-corrected chi connectivity index (χ0v) is 20.5. The molecule has 0 radical (unpaired) electrons. The number of nitrogens with zero attached hydrogens (tertiary/aromatic N) is 2. The van der Waals surface area contributed by atoms with Crippen molar-refractivity contribution in [2.24, 2.45) is 11.3 Å². The third-order valence-electron chi connectivity index (χ3n) is 6.15. The van der Waals surface area contributed by atoms with E-state index < -0.39 is 35.0 Å². The molecule has 8 heteroatoms. The van der Waals surface area contributed by atoms with Gasteiger partial charge in [-0.1, -0.05) is 62.2 Å². The van der Waals surface area contributed by atoms with Gasteiger partial charge in [0.15, 0.2) is 0 Å². The molecule has 1 aliphatic rings. The van der Waals surface area contributed by atoms with Crippen molar-refractivity contribution in [1.29, 1.82) is 5.26 Å². The van der Waals surface area contributed by atoms with Crippen LogP contribution in [0.5, 0.6) is 0 Å². The quantitative estimate of drug-likeness (QED) is 0.456. The number of methoxy groups -OCH3 is 1. The molecule has 1 saturated heterocycles. The van der Waals surface area contributed by atoms with Crippen molar-refractivity contribution in [2.75, 3.05) is 20.2 Å². The molecule has 0 aliphatic carbocycles. The minimum atomic E-state index is -1.51. The third kappa shape index (κ3) is 4.87. The van der Waals surface area contributed by atoms with E-state index in [0.29, 0.717) is 6.42 Å². The molecule has 0 saturated carbocycles. The van der Waals surface area contributed by atoms with Gasteiger partial charge < -0.3 is 4.74 Å². The van der Waals surface area contributed by atoms with Crippen LogP contribution < -0.4 is 0 Å². The number of esters is 1. The van der Waals surface area contributed by atoms with Crippen LogP contribution in [0.25, 0.3) is 0 Å². The molecule has 0 bridgehead atoms. The van der Waals surface area contributed by atoms with E-state index >= 15 is 8.78 Å². The summed E-state index contributed by atoms with van der Waals surface area (Å²) in [5, 5.41) is 10.8. The second-order valence-electron chi connectivity index (χ2n) is 9.62. The summed E-state index contributed by atoms with van der Waals surface area (Å²) in [5.41, 5.74) is -1.50. The fraction of sp³-hybridized carbons (Fsp3) is 0.440. The first-order valence-corrected chi connectivity index (χ1v) is 11.3. The van der Waals surface area contributed by atoms with Crippen LogP contribution in [0.15, 0.2) is 36.4 Å². The highest BCUT2D eigenvalue weighted by Gasteiger charge is 2.59. The zero-order valence-electron chi connectivity index (χ0n) is 19.0. The standard InChI is InChI=1S/C25H26Cl2F2N2O2/c1-24(2,3)11-15-12-31(13-21(32)33-4)23(17-6-5-7-19(27)22(17)29)25(15,14-30)18-9-8-16(26)10-20(18)28/h5-10,15,23H,11-13H2,1-4H3/t15-,23-,25-/m1/s1. The Balaban J connectivity index is 2.35. The van der Waals surface area contributed by atoms with Gasteiger partial charge in [0.05, 0.1) is 30.8 Å². The van der Waals surface area contributed by atoms with Crippen molar-refractivity contribution in [3.8, 4) is 6.07 Å². The predicted octanol–water partition coefficient (Wildman–Crippen LogP) is 6.32. The van der Waals surface area contributed by atoms with Crippen molar-refractivity contribution in [3.63, 3.8) is 0 Å². The molecule has 3 atom stereocenters. The van der Waals surface area contributed by atoms with Crippen molar-refractivity contribution < 1.29 is 18.3 Å². The number of hydrogen-bond acceptors (Lipinski definition) is 4. The van der Waals surface area contributed by atoms with Crippen LogP contribution in [0.3, 0.4) is 0 Å². The van der Waals surface area contributed by atoms with Gasteiger partial charge in [-0.2, -0.15) is 5.26 Å². The maximum atomic E-state index is 15.4. The number of halogens is 4. The Kier molecular flexibility index (Phi) is 7.38. The number of hydrogen-bond donors (Lipinski definition) is 0. The molecule has 3 rings (SSSR count). The molecule has 176 valence electrons. The van der Waals surface area contributed by atoms with Crippen molar-refractivity contribution in [1.82, 2.24) is 4.90 Å². The van der Waals surface area contributed by atoms with E-state index in [1.807, 2.05) is 20.8 Å². The van der Waals surface area contributed by atoms with Crippen LogP contribution in [0.4, 0.5) is 8.78 Å². The van der Waals surface area contributed by atoms with E-state index in [4.69, 9.17) is 27.9 Å². The minimum Gasteiger partial charge on any atom is -0.468 e. The van der Waals surface area contributed by atoms with Gasteiger partial charge in [-0.15, -0.1) is 0 Å². The van der Waals surface area contributed by atoms with Gasteiger partial charge in [0.25, 0.3) is 0 Å². The Morgan fingerprint density at radius 1 is 1.27 bits per heavy atom. The smallest absolute Gasteiger partial charge is 0.319 e. The van der Waals surface area contributed by atoms with Crippen molar-refractivity contribution >= 4 is 29.2 Å². The molecule has 1 fully saturated rings. The molecular formula is C25H26Cl2F2N2O2. The molecule has 0 amide bonds. The van der Waals surface area contributed by atoms with Crippen molar-refractivity contribution in [2.45, 2.75) is 38.6 Å². The second-order valence-corrected chi connectivity index (χ2v) is 10.5. The van der Waals surface area contributed by atoms with Gasteiger partial charge in [-0.05, 0) is 36.0 Å². The van der Waals surface area contributed by atoms with Crippen LogP contribution in [0.1, 0.15) is 44.4 Å². The van der Waals surface area contributed by atoms with Crippen LogP contribution in [-0.4, -0.2) is 31.1 Å². The number of likely N-dealkylation sites (tertiary alicyclic amines) is 1. The SMILES string of the molecule is COC(=O)CN1C[C@@H](CC(C)(C)C)[C@](C#N)(c2ccc(Cl)cc2F)[C@H]1c1cccc(Cl)c1F. The lowest BCUT2D eigenvalue weighted by Gasteiger charge is -2.38. The Bertz CT molecular complexity index is 1100. The first-order chi connectivity index (χ1) is 15.4. The molecule has 0 aromatic heterocycles. The van der Waals surface area contributed by atoms with E-state index in [1.54, 1.807) is 11.0 Å². The Morgan fingerprint density at radius 2 is 1.97 bits per heavy atom. The summed E-state index contributed by atoms with van der Waals surface area (Å²) < 4.78 is 35.6. The summed E-state index contributed by atoms with van der Waals surface area (Å²) in [4.78, 5) is 14.0. The van der Waals surface area contributed by atoms with E-state index in [0.717, 1.165) is 6.07 Å². The first kappa shape index (κ1) is 25.4. The molecule has 0 spiro atoms. The average Bonchev–Trinajstić information content (AvgIpc) is 3.01. The number of ether oxygens (including phenoxy) is 1. The number of carbonyl (C=O) groups excluding carboxylic acids is 1. The summed E-state index contributed by atoms with van der Waals surface area (Å²) >= 11 is 12.1. The summed E-state index contributed by atoms with van der Waals surface area (Å²) in [6.45, 7) is 6.13. The number of benzene rings is 2. The monoisotopic (exact) mass is 494 g/mol. The van der Waals surface area contributed by atoms with E-state index in [-0.39, 0.29) is 39.7 Å². The largest absolute Gasteiger partial charge is 0.468 e. The predicted molar refractivity (Wildman–Crippen MR) is 124 cm³/mol. The van der Waals surface area contributed by atoms with Gasteiger partial charge in [0, 0.05) is 22.7 Å². The van der Waals surface area contributed by atoms with Crippen LogP contribution in [-0.2, 0) is 14.9 Å². The van der Waals surface area contributed by atoms with Gasteiger partial charge in [0.1, 0.15) is 17.0 Å². The summed E-state index contributed by atoms with van der Waals surface area (Å²) in [5.74, 6) is -2.33. The maximum Gasteiger partial charge on any atom is 0.319 e. The summed E-state index contributed by atoms with van der Waals surface area (Å²) in [7, 11) is 1.26. The van der Waals surface area contributed by atoms with Crippen molar-refractivity contribution in [3.05, 3.63) is 69.2 Å². The fourth-order valence-corrected chi connectivity index (χ4v) is 5.31. The van der Waals surface area contributed by atoms with Crippen LogP contribution >= 0.6 is 23.2 Å². The maximum absolute atomic E-state index is 15.4. The highest BCUT2D eigenvalue weighted by molar-refractivity contribution is 6.31. The molecule has 0 N–H and O–H groups in total.